The number of aryl methyl sites for hydroxylation is 2. The largest absolute Gasteiger partial charge is 0.497 e. The minimum atomic E-state index is -0.707. The first-order valence-electron chi connectivity index (χ1n) is 11.0. The van der Waals surface area contributed by atoms with Gasteiger partial charge in [-0.1, -0.05) is 48.4 Å². The highest BCUT2D eigenvalue weighted by molar-refractivity contribution is 5.87. The predicted octanol–water partition coefficient (Wildman–Crippen LogP) is 5.06. The molecule has 1 amide bonds. The second kappa shape index (κ2) is 15.6. The van der Waals surface area contributed by atoms with E-state index >= 15 is 0 Å². The molecule has 33 heavy (non-hydrogen) atoms. The van der Waals surface area contributed by atoms with Crippen LogP contribution in [0.1, 0.15) is 56.2 Å². The highest BCUT2D eigenvalue weighted by atomic mass is 16.5. The van der Waals surface area contributed by atoms with E-state index in [-0.39, 0.29) is 12.3 Å². The van der Waals surface area contributed by atoms with E-state index in [1.807, 2.05) is 64.0 Å². The van der Waals surface area contributed by atoms with Crippen LogP contribution in [0.4, 0.5) is 0 Å². The number of rotatable bonds is 9. The molecule has 0 aliphatic carbocycles. The van der Waals surface area contributed by atoms with Crippen LogP contribution < -0.4 is 4.74 Å². The molecule has 0 bridgehead atoms. The highest BCUT2D eigenvalue weighted by Gasteiger charge is 2.30. The van der Waals surface area contributed by atoms with E-state index in [1.165, 1.54) is 11.1 Å². The number of hydrogen-bond donors (Lipinski definition) is 1. The summed E-state index contributed by atoms with van der Waals surface area (Å²) in [6.07, 6.45) is 4.01. The van der Waals surface area contributed by atoms with Crippen LogP contribution >= 0.6 is 0 Å². The molecule has 6 heteroatoms. The fraction of sp³-hybridized carbons (Fsp3) is 0.444. The molecule has 0 heterocycles. The van der Waals surface area contributed by atoms with Gasteiger partial charge in [0.1, 0.15) is 12.5 Å². The smallest absolute Gasteiger partial charge is 0.303 e. The fourth-order valence-corrected chi connectivity index (χ4v) is 3.33. The Labute approximate surface area is 198 Å². The monoisotopic (exact) mass is 457 g/mol. The Morgan fingerprint density at radius 1 is 1.00 bits per heavy atom. The Hall–Kier alpha value is -3.15. The number of carboxylic acids is 1. The van der Waals surface area contributed by atoms with Gasteiger partial charge in [0.15, 0.2) is 0 Å². The minimum absolute atomic E-state index is 0.133. The summed E-state index contributed by atoms with van der Waals surface area (Å²) in [5, 5.41) is 8.48. The molecule has 0 fully saturated rings. The van der Waals surface area contributed by atoms with Crippen molar-refractivity contribution in [3.63, 3.8) is 0 Å². The van der Waals surface area contributed by atoms with Gasteiger partial charge in [-0.15, -0.1) is 0 Å². The van der Waals surface area contributed by atoms with Crippen molar-refractivity contribution in [1.82, 2.24) is 4.90 Å². The van der Waals surface area contributed by atoms with Gasteiger partial charge in [0.05, 0.1) is 12.5 Å². The molecule has 0 aromatic heterocycles. The first-order chi connectivity index (χ1) is 15.6. The average Bonchev–Trinajstić information content (AvgIpc) is 2.80. The molecule has 182 valence electrons. The number of benzene rings is 2. The van der Waals surface area contributed by atoms with Crippen LogP contribution in [-0.2, 0) is 26.2 Å². The summed E-state index contributed by atoms with van der Waals surface area (Å²) in [6, 6.07) is 16.1. The molecule has 0 aliphatic heterocycles. The average molecular weight is 458 g/mol. The van der Waals surface area contributed by atoms with Crippen LogP contribution in [-0.4, -0.2) is 49.9 Å². The molecule has 1 N–H and O–H groups in total. The molecule has 2 aromatic carbocycles. The van der Waals surface area contributed by atoms with E-state index in [4.69, 9.17) is 14.6 Å². The Morgan fingerprint density at radius 2 is 1.64 bits per heavy atom. The third-order valence-electron chi connectivity index (χ3n) is 5.17. The van der Waals surface area contributed by atoms with Crippen molar-refractivity contribution in [3.05, 3.63) is 65.2 Å². The van der Waals surface area contributed by atoms with Gasteiger partial charge in [0.25, 0.3) is 0 Å². The van der Waals surface area contributed by atoms with Crippen molar-refractivity contribution in [2.75, 3.05) is 21.2 Å². The molecule has 0 saturated carbocycles. The summed E-state index contributed by atoms with van der Waals surface area (Å²) in [4.78, 5) is 31.9. The lowest BCUT2D eigenvalue weighted by Gasteiger charge is -2.27. The molecule has 2 rings (SSSR count). The molecule has 0 atom stereocenters. The molecular formula is C27H39NO5. The molecule has 0 aliphatic rings. The van der Waals surface area contributed by atoms with Gasteiger partial charge < -0.3 is 19.5 Å². The first kappa shape index (κ1) is 29.9. The zero-order valence-corrected chi connectivity index (χ0v) is 20.9. The van der Waals surface area contributed by atoms with Gasteiger partial charge in [0.2, 0.25) is 5.91 Å². The Kier molecular flexibility index (Phi) is 14.1. The molecule has 0 radical (unpaired) electrons. The van der Waals surface area contributed by atoms with Crippen LogP contribution in [0.25, 0.3) is 0 Å². The number of likely N-dealkylation sites (N-methyl/N-ethyl adjacent to an activating group) is 1. The fourth-order valence-electron chi connectivity index (χ4n) is 3.33. The van der Waals surface area contributed by atoms with Crippen molar-refractivity contribution >= 4 is 18.7 Å². The maximum Gasteiger partial charge on any atom is 0.303 e. The maximum absolute atomic E-state index is 12.0. The lowest BCUT2D eigenvalue weighted by atomic mass is 9.83. The van der Waals surface area contributed by atoms with E-state index in [0.29, 0.717) is 0 Å². The summed E-state index contributed by atoms with van der Waals surface area (Å²) in [5.74, 6) is 0.303. The van der Waals surface area contributed by atoms with Crippen molar-refractivity contribution in [1.29, 1.82) is 0 Å². The van der Waals surface area contributed by atoms with E-state index in [9.17, 15) is 9.59 Å². The molecule has 0 saturated heterocycles. The lowest BCUT2D eigenvalue weighted by molar-refractivity contribution is -0.137. The van der Waals surface area contributed by atoms with Gasteiger partial charge in [-0.3, -0.25) is 9.59 Å². The van der Waals surface area contributed by atoms with Crippen molar-refractivity contribution < 1.29 is 24.2 Å². The van der Waals surface area contributed by atoms with Crippen molar-refractivity contribution in [3.8, 4) is 5.75 Å². The molecule has 2 aromatic rings. The summed E-state index contributed by atoms with van der Waals surface area (Å²) in [6.45, 7) is 7.97. The molecular weight excluding hydrogens is 418 g/mol. The third-order valence-corrected chi connectivity index (χ3v) is 5.17. The van der Waals surface area contributed by atoms with Crippen LogP contribution in [0, 0.1) is 6.92 Å². The standard InChI is InChI=1S/C13H19NO.C13H18O3.CH2O/c1-10-7-6-8-11(9-10)13(2,3)12(15)14(4)5;1-16-12-8-5-7-11(10-12)6-3-2-4-9-13(14)15;1-2/h6-9H,1-5H3;5,7-8,10H,2-4,6,9H2,1H3,(H,14,15);1H2. The Bertz CT molecular complexity index is 861. The maximum atomic E-state index is 12.0. The number of carboxylic acid groups (broad SMARTS) is 1. The second-order valence-electron chi connectivity index (χ2n) is 8.50. The number of hydrogen-bond acceptors (Lipinski definition) is 4. The third kappa shape index (κ3) is 11.3. The summed E-state index contributed by atoms with van der Waals surface area (Å²) in [5.41, 5.74) is 3.05. The van der Waals surface area contributed by atoms with Gasteiger partial charge in [-0.25, -0.2) is 0 Å². The van der Waals surface area contributed by atoms with E-state index in [1.54, 1.807) is 26.1 Å². The van der Waals surface area contributed by atoms with Gasteiger partial charge in [-0.2, -0.15) is 0 Å². The van der Waals surface area contributed by atoms with E-state index in [2.05, 4.69) is 12.1 Å². The van der Waals surface area contributed by atoms with Crippen LogP contribution in [0.5, 0.6) is 5.75 Å². The predicted molar refractivity (Wildman–Crippen MR) is 133 cm³/mol. The van der Waals surface area contributed by atoms with E-state index in [0.717, 1.165) is 37.0 Å². The summed E-state index contributed by atoms with van der Waals surface area (Å²) < 4.78 is 5.14. The van der Waals surface area contributed by atoms with Crippen molar-refractivity contribution in [2.24, 2.45) is 0 Å². The summed E-state index contributed by atoms with van der Waals surface area (Å²) in [7, 11) is 5.24. The van der Waals surface area contributed by atoms with Crippen LogP contribution in [0.15, 0.2) is 48.5 Å². The van der Waals surface area contributed by atoms with Crippen molar-refractivity contribution in [2.45, 2.75) is 58.3 Å². The molecule has 0 unspecified atom stereocenters. The number of amides is 1. The first-order valence-corrected chi connectivity index (χ1v) is 11.0. The topological polar surface area (TPSA) is 83.9 Å². The van der Waals surface area contributed by atoms with E-state index < -0.39 is 11.4 Å². The molecule has 6 nitrogen and oxygen atoms in total. The minimum Gasteiger partial charge on any atom is -0.497 e. The number of nitrogens with zero attached hydrogens (tertiary/aromatic N) is 1. The number of aliphatic carboxylic acids is 1. The Balaban J connectivity index is 0.000000578. The summed E-state index contributed by atoms with van der Waals surface area (Å²) >= 11 is 0. The van der Waals surface area contributed by atoms with Crippen LogP contribution in [0.3, 0.4) is 0 Å². The zero-order valence-electron chi connectivity index (χ0n) is 20.9. The number of carbonyl (C=O) groups excluding carboxylic acids is 2. The number of carbonyl (C=O) groups is 3. The molecule has 0 spiro atoms. The normalized spacial score (nSPS) is 10.1. The van der Waals surface area contributed by atoms with Crippen LogP contribution in [0.2, 0.25) is 0 Å². The quantitative estimate of drug-likeness (QED) is 0.532. The van der Waals surface area contributed by atoms with Gasteiger partial charge in [-0.05, 0) is 63.3 Å². The number of unbranched alkanes of at least 4 members (excludes halogenated alkanes) is 2. The number of methoxy groups -OCH3 is 1. The Morgan fingerprint density at radius 3 is 2.18 bits per heavy atom. The number of ether oxygens (including phenoxy) is 1. The zero-order chi connectivity index (χ0) is 25.4. The lowest BCUT2D eigenvalue weighted by Crippen LogP contribution is -2.39. The SMILES string of the molecule is C=O.COc1cccc(CCCCCC(=O)O)c1.Cc1cccc(C(C)(C)C(=O)N(C)C)c1. The second-order valence-corrected chi connectivity index (χ2v) is 8.50. The van der Waals surface area contributed by atoms with Gasteiger partial charge >= 0.3 is 5.97 Å². The van der Waals surface area contributed by atoms with Gasteiger partial charge in [0, 0.05) is 20.5 Å². The highest BCUT2D eigenvalue weighted by Crippen LogP contribution is 2.25.